The largest absolute Gasteiger partial charge is 0.496 e. The van der Waals surface area contributed by atoms with Crippen LogP contribution in [0.2, 0.25) is 0 Å². The molecule has 6 nitrogen and oxygen atoms in total. The summed E-state index contributed by atoms with van der Waals surface area (Å²) in [6.45, 7) is 2.49. The van der Waals surface area contributed by atoms with Crippen LogP contribution in [0.1, 0.15) is 12.0 Å². The van der Waals surface area contributed by atoms with Gasteiger partial charge in [-0.25, -0.2) is 0 Å². The highest BCUT2D eigenvalue weighted by Gasteiger charge is 2.12. The van der Waals surface area contributed by atoms with Gasteiger partial charge in [0, 0.05) is 24.7 Å². The molecule has 0 aromatic heterocycles. The maximum atomic E-state index is 12.1. The van der Waals surface area contributed by atoms with Crippen molar-refractivity contribution in [3.05, 3.63) is 48.0 Å². The Labute approximate surface area is 153 Å². The predicted octanol–water partition coefficient (Wildman–Crippen LogP) is 2.63. The molecule has 2 aromatic carbocycles. The quantitative estimate of drug-likeness (QED) is 0.712. The number of carbonyl (C=O) groups excluding carboxylic acids is 1. The Bertz CT molecular complexity index is 748. The van der Waals surface area contributed by atoms with Crippen molar-refractivity contribution in [2.75, 3.05) is 38.7 Å². The zero-order valence-corrected chi connectivity index (χ0v) is 14.9. The standard InChI is InChI=1S/C20H24N2O4/c1-24-17-5-3-2-4-15(17)8-10-21-11-9-20(23)22-16-6-7-18-19(14-16)26-13-12-25-18/h2-7,14,21H,8-13H2,1H3,(H,22,23). The lowest BCUT2D eigenvalue weighted by molar-refractivity contribution is -0.116. The van der Waals surface area contributed by atoms with Gasteiger partial charge in [0.25, 0.3) is 0 Å². The van der Waals surface area contributed by atoms with Crippen LogP contribution in [0, 0.1) is 0 Å². The van der Waals surface area contributed by atoms with Gasteiger partial charge in [0.05, 0.1) is 7.11 Å². The van der Waals surface area contributed by atoms with E-state index in [0.29, 0.717) is 43.4 Å². The molecule has 0 atom stereocenters. The minimum atomic E-state index is -0.0357. The fraction of sp³-hybridized carbons (Fsp3) is 0.350. The second-order valence-electron chi connectivity index (χ2n) is 5.97. The predicted molar refractivity (Wildman–Crippen MR) is 100 cm³/mol. The molecule has 0 fully saturated rings. The van der Waals surface area contributed by atoms with Gasteiger partial charge in [-0.05, 0) is 36.7 Å². The van der Waals surface area contributed by atoms with Gasteiger partial charge in [0.2, 0.25) is 5.91 Å². The average Bonchev–Trinajstić information content (AvgIpc) is 2.68. The number of benzene rings is 2. The van der Waals surface area contributed by atoms with Crippen molar-refractivity contribution in [3.63, 3.8) is 0 Å². The zero-order chi connectivity index (χ0) is 18.2. The lowest BCUT2D eigenvalue weighted by Gasteiger charge is -2.19. The summed E-state index contributed by atoms with van der Waals surface area (Å²) in [6, 6.07) is 13.4. The third-order valence-corrected chi connectivity index (χ3v) is 4.12. The van der Waals surface area contributed by atoms with Crippen LogP contribution in [-0.2, 0) is 11.2 Å². The Kier molecular flexibility index (Phi) is 6.33. The SMILES string of the molecule is COc1ccccc1CCNCCC(=O)Nc1ccc2c(c1)OCCO2. The summed E-state index contributed by atoms with van der Waals surface area (Å²) in [5, 5.41) is 6.18. The summed E-state index contributed by atoms with van der Waals surface area (Å²) in [5.41, 5.74) is 1.87. The van der Waals surface area contributed by atoms with Gasteiger partial charge in [-0.15, -0.1) is 0 Å². The molecular formula is C20H24N2O4. The molecule has 0 radical (unpaired) electrons. The van der Waals surface area contributed by atoms with Crippen LogP contribution in [0.15, 0.2) is 42.5 Å². The number of para-hydroxylation sites is 1. The average molecular weight is 356 g/mol. The molecule has 2 aromatic rings. The van der Waals surface area contributed by atoms with Gasteiger partial charge in [-0.1, -0.05) is 18.2 Å². The minimum Gasteiger partial charge on any atom is -0.496 e. The molecule has 0 aliphatic carbocycles. The normalized spacial score (nSPS) is 12.5. The number of methoxy groups -OCH3 is 1. The van der Waals surface area contributed by atoms with Crippen molar-refractivity contribution in [1.82, 2.24) is 5.32 Å². The van der Waals surface area contributed by atoms with Crippen molar-refractivity contribution in [3.8, 4) is 17.2 Å². The highest BCUT2D eigenvalue weighted by atomic mass is 16.6. The Morgan fingerprint density at radius 2 is 1.88 bits per heavy atom. The van der Waals surface area contributed by atoms with Crippen LogP contribution in [0.5, 0.6) is 17.2 Å². The second kappa shape index (κ2) is 9.10. The van der Waals surface area contributed by atoms with E-state index in [4.69, 9.17) is 14.2 Å². The van der Waals surface area contributed by atoms with Crippen LogP contribution in [0.25, 0.3) is 0 Å². The summed E-state index contributed by atoms with van der Waals surface area (Å²) < 4.78 is 16.3. The number of hydrogen-bond acceptors (Lipinski definition) is 5. The number of hydrogen-bond donors (Lipinski definition) is 2. The van der Waals surface area contributed by atoms with Crippen LogP contribution < -0.4 is 24.8 Å². The zero-order valence-electron chi connectivity index (χ0n) is 14.9. The fourth-order valence-corrected chi connectivity index (χ4v) is 2.80. The molecule has 0 saturated carbocycles. The molecule has 3 rings (SSSR count). The van der Waals surface area contributed by atoms with Gasteiger partial charge in [-0.3, -0.25) is 4.79 Å². The molecule has 0 saturated heterocycles. The summed E-state index contributed by atoms with van der Waals surface area (Å²) in [4.78, 5) is 12.1. The smallest absolute Gasteiger partial charge is 0.225 e. The minimum absolute atomic E-state index is 0.0357. The lowest BCUT2D eigenvalue weighted by Crippen LogP contribution is -2.23. The Balaban J connectivity index is 1.38. The van der Waals surface area contributed by atoms with Crippen molar-refractivity contribution < 1.29 is 19.0 Å². The first-order chi connectivity index (χ1) is 12.8. The second-order valence-corrected chi connectivity index (χ2v) is 5.97. The third kappa shape index (κ3) is 4.89. The summed E-state index contributed by atoms with van der Waals surface area (Å²) in [6.07, 6.45) is 1.26. The number of amides is 1. The Morgan fingerprint density at radius 3 is 2.73 bits per heavy atom. The molecule has 1 aliphatic rings. The van der Waals surface area contributed by atoms with Gasteiger partial charge in [0.15, 0.2) is 11.5 Å². The Hall–Kier alpha value is -2.73. The maximum absolute atomic E-state index is 12.1. The molecule has 1 heterocycles. The Morgan fingerprint density at radius 1 is 1.08 bits per heavy atom. The number of carbonyl (C=O) groups is 1. The van der Waals surface area contributed by atoms with Gasteiger partial charge in [0.1, 0.15) is 19.0 Å². The number of anilines is 1. The van der Waals surface area contributed by atoms with E-state index >= 15 is 0 Å². The van der Waals surface area contributed by atoms with Crippen LogP contribution in [0.3, 0.4) is 0 Å². The van der Waals surface area contributed by atoms with E-state index in [2.05, 4.69) is 16.7 Å². The molecule has 26 heavy (non-hydrogen) atoms. The monoisotopic (exact) mass is 356 g/mol. The van der Waals surface area contributed by atoms with Gasteiger partial charge < -0.3 is 24.8 Å². The van der Waals surface area contributed by atoms with Crippen molar-refractivity contribution >= 4 is 11.6 Å². The van der Waals surface area contributed by atoms with Crippen LogP contribution in [0.4, 0.5) is 5.69 Å². The van der Waals surface area contributed by atoms with Crippen LogP contribution in [-0.4, -0.2) is 39.3 Å². The topological polar surface area (TPSA) is 68.8 Å². The fourth-order valence-electron chi connectivity index (χ4n) is 2.80. The number of rotatable bonds is 8. The van der Waals surface area contributed by atoms with Crippen molar-refractivity contribution in [2.24, 2.45) is 0 Å². The maximum Gasteiger partial charge on any atom is 0.225 e. The highest BCUT2D eigenvalue weighted by Crippen LogP contribution is 2.32. The molecular weight excluding hydrogens is 332 g/mol. The summed E-state index contributed by atoms with van der Waals surface area (Å²) >= 11 is 0. The van der Waals surface area contributed by atoms with Crippen molar-refractivity contribution in [2.45, 2.75) is 12.8 Å². The number of fused-ring (bicyclic) bond motifs is 1. The van der Waals surface area contributed by atoms with Crippen LogP contribution >= 0.6 is 0 Å². The molecule has 0 spiro atoms. The van der Waals surface area contributed by atoms with E-state index in [9.17, 15) is 4.79 Å². The van der Waals surface area contributed by atoms with Gasteiger partial charge >= 0.3 is 0 Å². The molecule has 2 N–H and O–H groups in total. The van der Waals surface area contributed by atoms with E-state index in [-0.39, 0.29) is 5.91 Å². The van der Waals surface area contributed by atoms with E-state index in [0.717, 1.165) is 24.3 Å². The third-order valence-electron chi connectivity index (χ3n) is 4.12. The first-order valence-electron chi connectivity index (χ1n) is 8.78. The number of nitrogens with one attached hydrogen (secondary N) is 2. The highest BCUT2D eigenvalue weighted by molar-refractivity contribution is 5.91. The molecule has 6 heteroatoms. The summed E-state index contributed by atoms with van der Waals surface area (Å²) in [7, 11) is 1.68. The molecule has 138 valence electrons. The van der Waals surface area contributed by atoms with Gasteiger partial charge in [-0.2, -0.15) is 0 Å². The molecule has 0 bridgehead atoms. The van der Waals surface area contributed by atoms with E-state index < -0.39 is 0 Å². The van der Waals surface area contributed by atoms with Crippen molar-refractivity contribution in [1.29, 1.82) is 0 Å². The van der Waals surface area contributed by atoms with E-state index in [1.54, 1.807) is 13.2 Å². The van der Waals surface area contributed by atoms with E-state index in [1.807, 2.05) is 30.3 Å². The summed E-state index contributed by atoms with van der Waals surface area (Å²) in [5.74, 6) is 2.24. The molecule has 0 unspecified atom stereocenters. The first-order valence-corrected chi connectivity index (χ1v) is 8.78. The molecule has 1 aliphatic heterocycles. The molecule has 1 amide bonds. The van der Waals surface area contributed by atoms with E-state index in [1.165, 1.54) is 0 Å². The number of ether oxygens (including phenoxy) is 3. The lowest BCUT2D eigenvalue weighted by atomic mass is 10.1. The first kappa shape index (κ1) is 18.1.